The van der Waals surface area contributed by atoms with Crippen molar-refractivity contribution >= 4 is 29.0 Å². The van der Waals surface area contributed by atoms with Gasteiger partial charge in [-0.05, 0) is 18.4 Å². The van der Waals surface area contributed by atoms with Crippen LogP contribution in [0.3, 0.4) is 0 Å². The lowest BCUT2D eigenvalue weighted by Gasteiger charge is -2.21. The molecule has 1 aliphatic heterocycles. The molecular formula is C10H13NO2S2. The molecule has 0 bridgehead atoms. The largest absolute Gasteiger partial charge is 0.395 e. The zero-order valence-electron chi connectivity index (χ0n) is 8.42. The van der Waals surface area contributed by atoms with Crippen molar-refractivity contribution in [1.29, 1.82) is 0 Å². The Kier molecular flexibility index (Phi) is 3.33. The highest BCUT2D eigenvalue weighted by molar-refractivity contribution is 8.01. The first-order chi connectivity index (χ1) is 7.24. The molecule has 1 amide bonds. The van der Waals surface area contributed by atoms with Crippen molar-refractivity contribution < 1.29 is 9.90 Å². The van der Waals surface area contributed by atoms with Gasteiger partial charge >= 0.3 is 0 Å². The molecule has 15 heavy (non-hydrogen) atoms. The van der Waals surface area contributed by atoms with E-state index in [9.17, 15) is 4.79 Å². The molecular weight excluding hydrogens is 230 g/mol. The second-order valence-electron chi connectivity index (χ2n) is 3.40. The molecule has 0 aliphatic carbocycles. The summed E-state index contributed by atoms with van der Waals surface area (Å²) in [6.45, 7) is 2.38. The predicted molar refractivity (Wildman–Crippen MR) is 62.9 cm³/mol. The fourth-order valence-corrected chi connectivity index (χ4v) is 3.92. The summed E-state index contributed by atoms with van der Waals surface area (Å²) in [6, 6.07) is 4.03. The summed E-state index contributed by atoms with van der Waals surface area (Å²) in [7, 11) is 0. The van der Waals surface area contributed by atoms with Crippen LogP contribution < -0.4 is 0 Å². The number of carbonyl (C=O) groups excluding carboxylic acids is 1. The van der Waals surface area contributed by atoms with Crippen LogP contribution >= 0.6 is 23.1 Å². The molecule has 2 heterocycles. The number of rotatable bonds is 3. The van der Waals surface area contributed by atoms with Gasteiger partial charge in [0.15, 0.2) is 0 Å². The van der Waals surface area contributed by atoms with Crippen LogP contribution in [0.25, 0.3) is 0 Å². The highest BCUT2D eigenvalue weighted by Gasteiger charge is 2.38. The maximum Gasteiger partial charge on any atom is 0.236 e. The number of aliphatic hydroxyl groups excluding tert-OH is 1. The molecule has 0 unspecified atom stereocenters. The summed E-state index contributed by atoms with van der Waals surface area (Å²) in [5.41, 5.74) is 0. The molecule has 1 aromatic heterocycles. The maximum atomic E-state index is 11.8. The fourth-order valence-electron chi connectivity index (χ4n) is 1.66. The molecule has 0 aromatic carbocycles. The van der Waals surface area contributed by atoms with E-state index in [0.717, 1.165) is 0 Å². The molecule has 1 aliphatic rings. The summed E-state index contributed by atoms with van der Waals surface area (Å²) >= 11 is 3.31. The summed E-state index contributed by atoms with van der Waals surface area (Å²) in [5.74, 6) is 0.132. The lowest BCUT2D eigenvalue weighted by Crippen LogP contribution is -2.32. The molecule has 1 fully saturated rings. The van der Waals surface area contributed by atoms with Crippen molar-refractivity contribution in [2.45, 2.75) is 17.5 Å². The topological polar surface area (TPSA) is 40.5 Å². The third-order valence-electron chi connectivity index (χ3n) is 2.37. The van der Waals surface area contributed by atoms with E-state index >= 15 is 0 Å². The second kappa shape index (κ2) is 4.55. The Bertz CT molecular complexity index is 339. The smallest absolute Gasteiger partial charge is 0.236 e. The number of β-amino-alcohol motifs (C(OH)–C–C–N with tert-alkyl or cyclic N) is 1. The average Bonchev–Trinajstić information content (AvgIpc) is 2.81. The number of amides is 1. The highest BCUT2D eigenvalue weighted by Crippen LogP contribution is 2.43. The Morgan fingerprint density at radius 3 is 3.00 bits per heavy atom. The first-order valence-electron chi connectivity index (χ1n) is 4.84. The van der Waals surface area contributed by atoms with E-state index in [1.165, 1.54) is 4.88 Å². The molecule has 0 spiro atoms. The van der Waals surface area contributed by atoms with Crippen molar-refractivity contribution in [3.63, 3.8) is 0 Å². The normalized spacial score (nSPS) is 26.3. The SMILES string of the molecule is C[C@@H]1S[C@@H](c2cccs2)N(CCO)C1=O. The van der Waals surface area contributed by atoms with Gasteiger partial charge < -0.3 is 10.0 Å². The zero-order chi connectivity index (χ0) is 10.8. The molecule has 3 nitrogen and oxygen atoms in total. The number of thioether (sulfide) groups is 1. The monoisotopic (exact) mass is 243 g/mol. The standard InChI is InChI=1S/C10H13NO2S2/c1-7-9(13)11(4-5-12)10(15-7)8-3-2-6-14-8/h2-3,6-7,10,12H,4-5H2,1H3/t7-,10-/m0/s1. The lowest BCUT2D eigenvalue weighted by molar-refractivity contribution is -0.130. The van der Waals surface area contributed by atoms with Crippen molar-refractivity contribution in [3.05, 3.63) is 22.4 Å². The number of nitrogens with zero attached hydrogens (tertiary/aromatic N) is 1. The number of aliphatic hydroxyl groups is 1. The number of carbonyl (C=O) groups is 1. The minimum Gasteiger partial charge on any atom is -0.395 e. The molecule has 1 N–H and O–H groups in total. The van der Waals surface area contributed by atoms with E-state index in [1.54, 1.807) is 28.0 Å². The third kappa shape index (κ3) is 2.04. The van der Waals surface area contributed by atoms with Crippen molar-refractivity contribution in [1.82, 2.24) is 4.90 Å². The Morgan fingerprint density at radius 1 is 1.60 bits per heavy atom. The number of hydrogen-bond acceptors (Lipinski definition) is 4. The van der Waals surface area contributed by atoms with E-state index in [0.29, 0.717) is 6.54 Å². The lowest BCUT2D eigenvalue weighted by atomic mass is 10.3. The van der Waals surface area contributed by atoms with Gasteiger partial charge in [0.1, 0.15) is 5.37 Å². The molecule has 5 heteroatoms. The van der Waals surface area contributed by atoms with Crippen molar-refractivity contribution in [2.24, 2.45) is 0 Å². The van der Waals surface area contributed by atoms with Gasteiger partial charge in [0.2, 0.25) is 5.91 Å². The van der Waals surface area contributed by atoms with Gasteiger partial charge in [-0.2, -0.15) is 0 Å². The van der Waals surface area contributed by atoms with Crippen LogP contribution in [0.4, 0.5) is 0 Å². The van der Waals surface area contributed by atoms with Crippen LogP contribution in [0.5, 0.6) is 0 Å². The van der Waals surface area contributed by atoms with Gasteiger partial charge in [0.05, 0.1) is 11.9 Å². The molecule has 82 valence electrons. The van der Waals surface area contributed by atoms with Crippen LogP contribution in [0.15, 0.2) is 17.5 Å². The van der Waals surface area contributed by atoms with Gasteiger partial charge in [-0.15, -0.1) is 23.1 Å². The minimum atomic E-state index is 0.00338. The molecule has 0 radical (unpaired) electrons. The number of hydrogen-bond donors (Lipinski definition) is 1. The highest BCUT2D eigenvalue weighted by atomic mass is 32.2. The molecule has 0 saturated carbocycles. The van der Waals surface area contributed by atoms with E-state index in [4.69, 9.17) is 5.11 Å². The summed E-state index contributed by atoms with van der Waals surface area (Å²) in [4.78, 5) is 14.8. The Balaban J connectivity index is 2.20. The van der Waals surface area contributed by atoms with Crippen LogP contribution in [-0.4, -0.2) is 34.3 Å². The third-order valence-corrected chi connectivity index (χ3v) is 4.82. The van der Waals surface area contributed by atoms with E-state index in [2.05, 4.69) is 0 Å². The van der Waals surface area contributed by atoms with Gasteiger partial charge in [-0.3, -0.25) is 4.79 Å². The minimum absolute atomic E-state index is 0.00338. The fraction of sp³-hybridized carbons (Fsp3) is 0.500. The summed E-state index contributed by atoms with van der Waals surface area (Å²) in [6.07, 6.45) is 0. The van der Waals surface area contributed by atoms with E-state index < -0.39 is 0 Å². The van der Waals surface area contributed by atoms with Crippen molar-refractivity contribution in [3.8, 4) is 0 Å². The zero-order valence-corrected chi connectivity index (χ0v) is 10.1. The Morgan fingerprint density at radius 2 is 2.40 bits per heavy atom. The van der Waals surface area contributed by atoms with Crippen LogP contribution in [0, 0.1) is 0 Å². The van der Waals surface area contributed by atoms with Gasteiger partial charge in [0, 0.05) is 11.4 Å². The second-order valence-corrected chi connectivity index (χ2v) is 5.81. The average molecular weight is 243 g/mol. The quantitative estimate of drug-likeness (QED) is 0.878. The predicted octanol–water partition coefficient (Wildman–Crippen LogP) is 1.70. The van der Waals surface area contributed by atoms with Gasteiger partial charge in [-0.1, -0.05) is 6.07 Å². The summed E-state index contributed by atoms with van der Waals surface area (Å²) < 4.78 is 0. The molecule has 2 rings (SSSR count). The molecule has 1 aromatic rings. The Hall–Kier alpha value is -0.520. The molecule has 2 atom stereocenters. The summed E-state index contributed by atoms with van der Waals surface area (Å²) in [5, 5.41) is 11.1. The first-order valence-corrected chi connectivity index (χ1v) is 6.66. The molecule has 1 saturated heterocycles. The van der Waals surface area contributed by atoms with Gasteiger partial charge in [0.25, 0.3) is 0 Å². The van der Waals surface area contributed by atoms with Crippen molar-refractivity contribution in [2.75, 3.05) is 13.2 Å². The Labute approximate surface area is 97.1 Å². The van der Waals surface area contributed by atoms with Crippen LogP contribution in [0.1, 0.15) is 17.2 Å². The van der Waals surface area contributed by atoms with E-state index in [-0.39, 0.29) is 23.1 Å². The van der Waals surface area contributed by atoms with Crippen LogP contribution in [0.2, 0.25) is 0 Å². The van der Waals surface area contributed by atoms with Crippen LogP contribution in [-0.2, 0) is 4.79 Å². The van der Waals surface area contributed by atoms with Gasteiger partial charge in [-0.25, -0.2) is 0 Å². The number of thiophene rings is 1. The first kappa shape index (κ1) is 11.0. The van der Waals surface area contributed by atoms with E-state index in [1.807, 2.05) is 24.4 Å². The maximum absolute atomic E-state index is 11.8.